The zero-order valence-electron chi connectivity index (χ0n) is 8.15. The van der Waals surface area contributed by atoms with Crippen molar-refractivity contribution in [3.63, 3.8) is 0 Å². The van der Waals surface area contributed by atoms with Crippen molar-refractivity contribution in [2.24, 2.45) is 5.92 Å². The number of likely N-dealkylation sites (N-methyl/N-ethyl adjacent to an activating group) is 1. The number of aliphatic hydroxyl groups excluding tert-OH is 1. The monoisotopic (exact) mass is 207 g/mol. The largest absolute Gasteiger partial charge is 0.480 e. The van der Waals surface area contributed by atoms with Gasteiger partial charge in [-0.1, -0.05) is 6.92 Å². The van der Waals surface area contributed by atoms with Gasteiger partial charge in [-0.25, -0.2) is 0 Å². The van der Waals surface area contributed by atoms with Crippen LogP contribution in [-0.4, -0.2) is 47.4 Å². The molecule has 0 radical (unpaired) electrons. The molecule has 78 valence electrons. The second-order valence-corrected chi connectivity index (χ2v) is 3.94. The van der Waals surface area contributed by atoms with E-state index in [1.54, 1.807) is 11.8 Å². The molecule has 0 spiro atoms. The Morgan fingerprint density at radius 2 is 2.15 bits per heavy atom. The Labute approximate surface area is 82.7 Å². The fourth-order valence-electron chi connectivity index (χ4n) is 1.13. The molecule has 0 aromatic heterocycles. The highest BCUT2D eigenvalue weighted by atomic mass is 32.2. The van der Waals surface area contributed by atoms with Crippen LogP contribution < -0.4 is 5.32 Å². The maximum atomic E-state index is 10.7. The van der Waals surface area contributed by atoms with Crippen molar-refractivity contribution in [3.8, 4) is 0 Å². The molecule has 3 atom stereocenters. The smallest absolute Gasteiger partial charge is 0.323 e. The van der Waals surface area contributed by atoms with Gasteiger partial charge in [0.1, 0.15) is 6.04 Å². The molecule has 0 saturated carbocycles. The van der Waals surface area contributed by atoms with Crippen molar-refractivity contribution in [1.29, 1.82) is 0 Å². The molecular formula is C8H17NO3S. The van der Waals surface area contributed by atoms with Gasteiger partial charge in [-0.3, -0.25) is 4.79 Å². The molecule has 0 aliphatic heterocycles. The van der Waals surface area contributed by atoms with Crippen LogP contribution in [0.1, 0.15) is 6.92 Å². The lowest BCUT2D eigenvalue weighted by Crippen LogP contribution is -2.47. The van der Waals surface area contributed by atoms with Gasteiger partial charge in [0.2, 0.25) is 0 Å². The Bertz CT molecular complexity index is 165. The number of carbonyl (C=O) groups is 1. The van der Waals surface area contributed by atoms with Crippen LogP contribution in [0.15, 0.2) is 0 Å². The first kappa shape index (κ1) is 12.7. The predicted octanol–water partition coefficient (Wildman–Crippen LogP) is 0.0190. The number of aliphatic carboxylic acids is 1. The lowest BCUT2D eigenvalue weighted by Gasteiger charge is -2.23. The Hall–Kier alpha value is -0.260. The summed E-state index contributed by atoms with van der Waals surface area (Å²) in [7, 11) is 1.54. The molecule has 0 rings (SSSR count). The molecule has 0 bridgehead atoms. The van der Waals surface area contributed by atoms with E-state index in [2.05, 4.69) is 5.32 Å². The summed E-state index contributed by atoms with van der Waals surface area (Å²) in [5.41, 5.74) is 0. The Morgan fingerprint density at radius 1 is 1.62 bits per heavy atom. The number of carboxylic acid groups (broad SMARTS) is 1. The number of nitrogens with one attached hydrogen (secondary N) is 1. The molecule has 0 aliphatic rings. The maximum Gasteiger partial charge on any atom is 0.323 e. The SMILES string of the molecule is CN[C@H](C(=O)O)C(O)C(C)CSC. The molecule has 0 heterocycles. The molecule has 0 aromatic carbocycles. The Morgan fingerprint density at radius 3 is 2.46 bits per heavy atom. The number of aliphatic hydroxyl groups is 1. The van der Waals surface area contributed by atoms with Gasteiger partial charge in [-0.15, -0.1) is 0 Å². The third kappa shape index (κ3) is 3.97. The van der Waals surface area contributed by atoms with Crippen LogP contribution in [-0.2, 0) is 4.79 Å². The number of hydrogen-bond donors (Lipinski definition) is 3. The number of hydrogen-bond acceptors (Lipinski definition) is 4. The topological polar surface area (TPSA) is 69.6 Å². The summed E-state index contributed by atoms with van der Waals surface area (Å²) < 4.78 is 0. The molecule has 0 aliphatic carbocycles. The molecule has 0 aromatic rings. The Kier molecular flexibility index (Phi) is 6.11. The number of thioether (sulfide) groups is 1. The average molecular weight is 207 g/mol. The summed E-state index contributed by atoms with van der Waals surface area (Å²) in [6.07, 6.45) is 1.09. The van der Waals surface area contributed by atoms with Crippen molar-refractivity contribution >= 4 is 17.7 Å². The fourth-order valence-corrected chi connectivity index (χ4v) is 1.85. The van der Waals surface area contributed by atoms with Gasteiger partial charge >= 0.3 is 5.97 Å². The van der Waals surface area contributed by atoms with Crippen LogP contribution in [0.5, 0.6) is 0 Å². The van der Waals surface area contributed by atoms with Gasteiger partial charge in [-0.05, 0) is 25.0 Å². The van der Waals surface area contributed by atoms with E-state index in [9.17, 15) is 9.90 Å². The Balaban J connectivity index is 4.18. The van der Waals surface area contributed by atoms with E-state index in [1.165, 1.54) is 7.05 Å². The van der Waals surface area contributed by atoms with Crippen molar-refractivity contribution in [1.82, 2.24) is 5.32 Å². The highest BCUT2D eigenvalue weighted by molar-refractivity contribution is 7.98. The zero-order chi connectivity index (χ0) is 10.4. The van der Waals surface area contributed by atoms with Crippen LogP contribution in [0, 0.1) is 5.92 Å². The van der Waals surface area contributed by atoms with Crippen molar-refractivity contribution in [2.45, 2.75) is 19.1 Å². The van der Waals surface area contributed by atoms with Crippen LogP contribution >= 0.6 is 11.8 Å². The van der Waals surface area contributed by atoms with E-state index >= 15 is 0 Å². The second-order valence-electron chi connectivity index (χ2n) is 3.03. The van der Waals surface area contributed by atoms with Crippen LogP contribution in [0.25, 0.3) is 0 Å². The van der Waals surface area contributed by atoms with E-state index in [4.69, 9.17) is 5.11 Å². The zero-order valence-corrected chi connectivity index (χ0v) is 8.97. The summed E-state index contributed by atoms with van der Waals surface area (Å²) in [5.74, 6) is -0.279. The lowest BCUT2D eigenvalue weighted by atomic mass is 10.00. The van der Waals surface area contributed by atoms with Crippen LogP contribution in [0.3, 0.4) is 0 Å². The molecule has 2 unspecified atom stereocenters. The summed E-state index contributed by atoms with van der Waals surface area (Å²) >= 11 is 1.60. The quantitative estimate of drug-likeness (QED) is 0.573. The van der Waals surface area contributed by atoms with E-state index in [0.717, 1.165) is 5.75 Å². The van der Waals surface area contributed by atoms with E-state index in [0.29, 0.717) is 0 Å². The van der Waals surface area contributed by atoms with Gasteiger partial charge in [-0.2, -0.15) is 11.8 Å². The third-order valence-electron chi connectivity index (χ3n) is 1.93. The second kappa shape index (κ2) is 6.23. The lowest BCUT2D eigenvalue weighted by molar-refractivity contribution is -0.143. The first-order valence-electron chi connectivity index (χ1n) is 4.11. The number of rotatable bonds is 6. The molecule has 0 saturated heterocycles. The van der Waals surface area contributed by atoms with Crippen LogP contribution in [0.2, 0.25) is 0 Å². The summed E-state index contributed by atoms with van der Waals surface area (Å²) in [6, 6.07) is -0.873. The minimum Gasteiger partial charge on any atom is -0.480 e. The van der Waals surface area contributed by atoms with Gasteiger partial charge in [0.25, 0.3) is 0 Å². The predicted molar refractivity (Wildman–Crippen MR) is 54.0 cm³/mol. The summed E-state index contributed by atoms with van der Waals surface area (Å²) in [6.45, 7) is 1.84. The molecule has 5 heteroatoms. The standard InChI is InChI=1S/C8H17NO3S/c1-5(4-13-3)7(10)6(9-2)8(11)12/h5-7,9-10H,4H2,1-3H3,(H,11,12)/t5?,6-,7?/m0/s1. The maximum absolute atomic E-state index is 10.7. The van der Waals surface area contributed by atoms with Gasteiger partial charge in [0.05, 0.1) is 6.10 Å². The van der Waals surface area contributed by atoms with Gasteiger partial charge in [0, 0.05) is 0 Å². The van der Waals surface area contributed by atoms with Crippen LogP contribution in [0.4, 0.5) is 0 Å². The van der Waals surface area contributed by atoms with E-state index in [-0.39, 0.29) is 5.92 Å². The highest BCUT2D eigenvalue weighted by Gasteiger charge is 2.28. The van der Waals surface area contributed by atoms with E-state index < -0.39 is 18.1 Å². The summed E-state index contributed by atoms with van der Waals surface area (Å²) in [4.78, 5) is 10.7. The molecule has 0 fully saturated rings. The third-order valence-corrected chi connectivity index (χ3v) is 2.79. The molecular weight excluding hydrogens is 190 g/mol. The van der Waals surface area contributed by atoms with E-state index in [1.807, 2.05) is 13.2 Å². The fraction of sp³-hybridized carbons (Fsp3) is 0.875. The minimum atomic E-state index is -1.01. The molecule has 3 N–H and O–H groups in total. The number of carboxylic acids is 1. The first-order chi connectivity index (χ1) is 6.04. The van der Waals surface area contributed by atoms with Crippen molar-refractivity contribution < 1.29 is 15.0 Å². The first-order valence-corrected chi connectivity index (χ1v) is 5.51. The van der Waals surface area contributed by atoms with Crippen molar-refractivity contribution in [3.05, 3.63) is 0 Å². The normalized spacial score (nSPS) is 17.8. The molecule has 4 nitrogen and oxygen atoms in total. The summed E-state index contributed by atoms with van der Waals surface area (Å²) in [5, 5.41) is 20.9. The molecule has 13 heavy (non-hydrogen) atoms. The van der Waals surface area contributed by atoms with Gasteiger partial charge in [0.15, 0.2) is 0 Å². The minimum absolute atomic E-state index is 0.0245. The highest BCUT2D eigenvalue weighted by Crippen LogP contribution is 2.12. The van der Waals surface area contributed by atoms with Crippen molar-refractivity contribution in [2.75, 3.05) is 19.1 Å². The average Bonchev–Trinajstić information content (AvgIpc) is 2.05. The molecule has 0 amide bonds. The van der Waals surface area contributed by atoms with Gasteiger partial charge < -0.3 is 15.5 Å².